The minimum atomic E-state index is -0.723. The molecule has 0 aliphatic rings. The van der Waals surface area contributed by atoms with E-state index in [-0.39, 0.29) is 6.04 Å². The van der Waals surface area contributed by atoms with E-state index in [0.717, 1.165) is 13.0 Å². The van der Waals surface area contributed by atoms with Crippen LogP contribution in [0.25, 0.3) is 0 Å². The first-order chi connectivity index (χ1) is 7.07. The van der Waals surface area contributed by atoms with Gasteiger partial charge in [0.15, 0.2) is 0 Å². The molecule has 3 nitrogen and oxygen atoms in total. The quantitative estimate of drug-likeness (QED) is 0.581. The number of hydrogen-bond acceptors (Lipinski definition) is 2. The smallest absolute Gasteiger partial charge is 0.320 e. The Kier molecular flexibility index (Phi) is 8.38. The molecule has 2 N–H and O–H groups in total. The monoisotopic (exact) mass is 215 g/mol. The molecule has 0 bridgehead atoms. The molecular weight excluding hydrogens is 190 g/mol. The zero-order chi connectivity index (χ0) is 11.7. The fraction of sp³-hybridized carbons (Fsp3) is 0.917. The molecule has 1 atom stereocenters. The Morgan fingerprint density at radius 2 is 1.93 bits per heavy atom. The SMILES string of the molecule is CCCCCCNC(CC(C)C)C(=O)O. The van der Waals surface area contributed by atoms with Gasteiger partial charge in [0, 0.05) is 0 Å². The van der Waals surface area contributed by atoms with E-state index in [1.807, 2.05) is 0 Å². The highest BCUT2D eigenvalue weighted by Crippen LogP contribution is 2.05. The van der Waals surface area contributed by atoms with Crippen molar-refractivity contribution in [2.75, 3.05) is 6.54 Å². The number of carbonyl (C=O) groups is 1. The Hall–Kier alpha value is -0.570. The van der Waals surface area contributed by atoms with E-state index < -0.39 is 5.97 Å². The van der Waals surface area contributed by atoms with Gasteiger partial charge >= 0.3 is 5.97 Å². The van der Waals surface area contributed by atoms with Gasteiger partial charge in [0.1, 0.15) is 6.04 Å². The van der Waals surface area contributed by atoms with Crippen LogP contribution in [0, 0.1) is 5.92 Å². The normalized spacial score (nSPS) is 13.1. The lowest BCUT2D eigenvalue weighted by molar-refractivity contribution is -0.139. The number of hydrogen-bond donors (Lipinski definition) is 2. The average Bonchev–Trinajstić information content (AvgIpc) is 2.15. The molecule has 0 heterocycles. The molecule has 0 aromatic rings. The lowest BCUT2D eigenvalue weighted by atomic mass is 10.0. The summed E-state index contributed by atoms with van der Waals surface area (Å²) in [6.45, 7) is 7.10. The first-order valence-electron chi connectivity index (χ1n) is 6.04. The topological polar surface area (TPSA) is 49.3 Å². The first-order valence-corrected chi connectivity index (χ1v) is 6.04. The predicted octanol–water partition coefficient (Wildman–Crippen LogP) is 2.66. The average molecular weight is 215 g/mol. The van der Waals surface area contributed by atoms with Gasteiger partial charge in [0.2, 0.25) is 0 Å². The number of nitrogens with one attached hydrogen (secondary N) is 1. The van der Waals surface area contributed by atoms with Crippen molar-refractivity contribution in [3.05, 3.63) is 0 Å². The van der Waals surface area contributed by atoms with Crippen LogP contribution in [0.15, 0.2) is 0 Å². The van der Waals surface area contributed by atoms with Crippen LogP contribution in [0.3, 0.4) is 0 Å². The molecule has 0 aromatic heterocycles. The van der Waals surface area contributed by atoms with Gasteiger partial charge in [-0.3, -0.25) is 4.79 Å². The number of rotatable bonds is 9. The van der Waals surface area contributed by atoms with Crippen molar-refractivity contribution in [3.63, 3.8) is 0 Å². The highest BCUT2D eigenvalue weighted by atomic mass is 16.4. The highest BCUT2D eigenvalue weighted by Gasteiger charge is 2.17. The van der Waals surface area contributed by atoms with Crippen molar-refractivity contribution in [1.29, 1.82) is 0 Å². The summed E-state index contributed by atoms with van der Waals surface area (Å²) in [6, 6.07) is -0.369. The molecule has 0 aliphatic heterocycles. The lowest BCUT2D eigenvalue weighted by Gasteiger charge is -2.16. The largest absolute Gasteiger partial charge is 0.480 e. The third-order valence-electron chi connectivity index (χ3n) is 2.43. The maximum atomic E-state index is 10.9. The summed E-state index contributed by atoms with van der Waals surface area (Å²) in [4.78, 5) is 10.9. The summed E-state index contributed by atoms with van der Waals surface area (Å²) in [5.74, 6) is -0.298. The number of unbranched alkanes of at least 4 members (excludes halogenated alkanes) is 3. The lowest BCUT2D eigenvalue weighted by Crippen LogP contribution is -2.38. The van der Waals surface area contributed by atoms with Crippen LogP contribution in [-0.4, -0.2) is 23.7 Å². The van der Waals surface area contributed by atoms with Crippen molar-refractivity contribution < 1.29 is 9.90 Å². The van der Waals surface area contributed by atoms with Gasteiger partial charge in [0.05, 0.1) is 0 Å². The van der Waals surface area contributed by atoms with Gasteiger partial charge in [-0.25, -0.2) is 0 Å². The maximum absolute atomic E-state index is 10.9. The van der Waals surface area contributed by atoms with Gasteiger partial charge in [0.25, 0.3) is 0 Å². The molecule has 0 aliphatic carbocycles. The van der Waals surface area contributed by atoms with Crippen LogP contribution >= 0.6 is 0 Å². The molecule has 3 heteroatoms. The van der Waals surface area contributed by atoms with Crippen LogP contribution in [0.2, 0.25) is 0 Å². The van der Waals surface area contributed by atoms with Gasteiger partial charge in [-0.1, -0.05) is 40.0 Å². The zero-order valence-corrected chi connectivity index (χ0v) is 10.3. The molecular formula is C12H25NO2. The molecule has 0 amide bonds. The summed E-state index contributed by atoms with van der Waals surface area (Å²) in [6.07, 6.45) is 5.44. The van der Waals surface area contributed by atoms with Gasteiger partial charge in [-0.05, 0) is 25.3 Å². The molecule has 0 saturated carbocycles. The number of carboxylic acids is 1. The van der Waals surface area contributed by atoms with Crippen molar-refractivity contribution >= 4 is 5.97 Å². The van der Waals surface area contributed by atoms with E-state index in [1.54, 1.807) is 0 Å². The third kappa shape index (κ3) is 8.43. The Bertz CT molecular complexity index is 169. The molecule has 0 rings (SSSR count). The Labute approximate surface area is 93.3 Å². The third-order valence-corrected chi connectivity index (χ3v) is 2.43. The fourth-order valence-corrected chi connectivity index (χ4v) is 1.57. The summed E-state index contributed by atoms with van der Waals surface area (Å²) in [5.41, 5.74) is 0. The second-order valence-corrected chi connectivity index (χ2v) is 4.54. The Morgan fingerprint density at radius 1 is 1.27 bits per heavy atom. The Balaban J connectivity index is 3.62. The summed E-state index contributed by atoms with van der Waals surface area (Å²) >= 11 is 0. The minimum absolute atomic E-state index is 0.369. The zero-order valence-electron chi connectivity index (χ0n) is 10.3. The van der Waals surface area contributed by atoms with Crippen molar-refractivity contribution in [1.82, 2.24) is 5.32 Å². The van der Waals surface area contributed by atoms with Crippen LogP contribution in [0.4, 0.5) is 0 Å². The molecule has 0 aromatic carbocycles. The van der Waals surface area contributed by atoms with E-state index in [4.69, 9.17) is 5.11 Å². The van der Waals surface area contributed by atoms with Crippen LogP contribution in [-0.2, 0) is 4.79 Å². The molecule has 15 heavy (non-hydrogen) atoms. The number of carboxylic acid groups (broad SMARTS) is 1. The van der Waals surface area contributed by atoms with Crippen LogP contribution in [0.5, 0.6) is 0 Å². The second kappa shape index (κ2) is 8.72. The van der Waals surface area contributed by atoms with E-state index >= 15 is 0 Å². The van der Waals surface area contributed by atoms with Crippen molar-refractivity contribution in [2.45, 2.75) is 58.9 Å². The highest BCUT2D eigenvalue weighted by molar-refractivity contribution is 5.73. The van der Waals surface area contributed by atoms with Gasteiger partial charge in [-0.15, -0.1) is 0 Å². The standard InChI is InChI=1S/C12H25NO2/c1-4-5-6-7-8-13-11(12(14)15)9-10(2)3/h10-11,13H,4-9H2,1-3H3,(H,14,15). The van der Waals surface area contributed by atoms with Crippen LogP contribution < -0.4 is 5.32 Å². The summed E-state index contributed by atoms with van der Waals surface area (Å²) in [5, 5.41) is 12.1. The van der Waals surface area contributed by atoms with Gasteiger partial charge < -0.3 is 10.4 Å². The Morgan fingerprint density at radius 3 is 2.40 bits per heavy atom. The van der Waals surface area contributed by atoms with E-state index in [2.05, 4.69) is 26.1 Å². The van der Waals surface area contributed by atoms with E-state index in [1.165, 1.54) is 19.3 Å². The maximum Gasteiger partial charge on any atom is 0.320 e. The number of aliphatic carboxylic acids is 1. The second-order valence-electron chi connectivity index (χ2n) is 4.54. The van der Waals surface area contributed by atoms with Gasteiger partial charge in [-0.2, -0.15) is 0 Å². The molecule has 1 unspecified atom stereocenters. The first kappa shape index (κ1) is 14.4. The molecule has 0 fully saturated rings. The molecule has 0 saturated heterocycles. The van der Waals surface area contributed by atoms with Crippen LogP contribution in [0.1, 0.15) is 52.9 Å². The molecule has 0 radical (unpaired) electrons. The summed E-state index contributed by atoms with van der Waals surface area (Å²) < 4.78 is 0. The van der Waals surface area contributed by atoms with E-state index in [0.29, 0.717) is 12.3 Å². The fourth-order valence-electron chi connectivity index (χ4n) is 1.57. The predicted molar refractivity (Wildman–Crippen MR) is 63.0 cm³/mol. The van der Waals surface area contributed by atoms with E-state index in [9.17, 15) is 4.79 Å². The van der Waals surface area contributed by atoms with Crippen molar-refractivity contribution in [2.24, 2.45) is 5.92 Å². The molecule has 0 spiro atoms. The minimum Gasteiger partial charge on any atom is -0.480 e. The molecule has 90 valence electrons. The van der Waals surface area contributed by atoms with Crippen molar-refractivity contribution in [3.8, 4) is 0 Å². The summed E-state index contributed by atoms with van der Waals surface area (Å²) in [7, 11) is 0.